The second-order valence-corrected chi connectivity index (χ2v) is 1.10. The Morgan fingerprint density at radius 3 is 2.00 bits per heavy atom. The summed E-state index contributed by atoms with van der Waals surface area (Å²) in [5.41, 5.74) is 6.85. The molecule has 1 rings (SSSR count). The third-order valence-electron chi connectivity index (χ3n) is 0.609. The van der Waals surface area contributed by atoms with E-state index in [9.17, 15) is 0 Å². The Morgan fingerprint density at radius 2 is 1.83 bits per heavy atom. The smallest absolute Gasteiger partial charge is 0.165 e. The van der Waals surface area contributed by atoms with Gasteiger partial charge >= 0.3 is 0 Å². The lowest BCUT2D eigenvalue weighted by Gasteiger charge is -1.99. The predicted molar refractivity (Wildman–Crippen MR) is 22.3 cm³/mol. The molecule has 1 aliphatic heterocycles. The summed E-state index contributed by atoms with van der Waals surface area (Å²) in [6, 6.07) is 0. The van der Waals surface area contributed by atoms with Crippen LogP contribution in [0.25, 0.3) is 0 Å². The first-order valence-corrected chi connectivity index (χ1v) is 1.78. The molecule has 0 unspecified atom stereocenters. The SMILES string of the molecule is [NH]C1NC=CN1. The van der Waals surface area contributed by atoms with Gasteiger partial charge in [0, 0.05) is 12.4 Å². The molecule has 0 saturated heterocycles. The van der Waals surface area contributed by atoms with Crippen LogP contribution < -0.4 is 16.4 Å². The van der Waals surface area contributed by atoms with E-state index in [4.69, 9.17) is 5.73 Å². The van der Waals surface area contributed by atoms with E-state index >= 15 is 0 Å². The third-order valence-corrected chi connectivity index (χ3v) is 0.609. The molecule has 33 valence electrons. The highest BCUT2D eigenvalue weighted by molar-refractivity contribution is 4.86. The van der Waals surface area contributed by atoms with Gasteiger partial charge in [0.05, 0.1) is 0 Å². The summed E-state index contributed by atoms with van der Waals surface area (Å²) in [6.45, 7) is 0. The van der Waals surface area contributed by atoms with Crippen molar-refractivity contribution in [3.05, 3.63) is 12.4 Å². The second kappa shape index (κ2) is 1.18. The molecule has 1 radical (unpaired) electrons. The van der Waals surface area contributed by atoms with Crippen LogP contribution in [0.15, 0.2) is 12.4 Å². The first-order valence-electron chi connectivity index (χ1n) is 1.78. The Kier molecular flexibility index (Phi) is 0.686. The zero-order chi connectivity index (χ0) is 4.41. The van der Waals surface area contributed by atoms with Gasteiger partial charge in [-0.2, -0.15) is 0 Å². The molecular formula is C3H6N3. The summed E-state index contributed by atoms with van der Waals surface area (Å²) in [5.74, 6) is 0. The molecule has 6 heavy (non-hydrogen) atoms. The third kappa shape index (κ3) is 0.440. The molecule has 3 N–H and O–H groups in total. The number of hydrogen-bond donors (Lipinski definition) is 2. The maximum Gasteiger partial charge on any atom is 0.165 e. The van der Waals surface area contributed by atoms with Crippen molar-refractivity contribution in [3.8, 4) is 0 Å². The van der Waals surface area contributed by atoms with E-state index in [1.807, 2.05) is 0 Å². The summed E-state index contributed by atoms with van der Waals surface area (Å²) in [6.07, 6.45) is 3.10. The van der Waals surface area contributed by atoms with E-state index in [1.54, 1.807) is 12.4 Å². The molecule has 0 aromatic carbocycles. The van der Waals surface area contributed by atoms with Crippen LogP contribution in [0.2, 0.25) is 0 Å². The molecule has 0 aromatic rings. The van der Waals surface area contributed by atoms with Crippen LogP contribution >= 0.6 is 0 Å². The molecule has 0 saturated carbocycles. The maximum absolute atomic E-state index is 6.85. The van der Waals surface area contributed by atoms with Crippen LogP contribution in [0.4, 0.5) is 0 Å². The highest BCUT2D eigenvalue weighted by Crippen LogP contribution is 1.75. The molecule has 3 heteroatoms. The predicted octanol–water partition coefficient (Wildman–Crippen LogP) is -0.783. The fourth-order valence-corrected chi connectivity index (χ4v) is 0.337. The van der Waals surface area contributed by atoms with Crippen LogP contribution in [0, 0.1) is 0 Å². The average molecular weight is 84.1 g/mol. The van der Waals surface area contributed by atoms with Gasteiger partial charge in [-0.3, -0.25) is 0 Å². The Labute approximate surface area is 36.2 Å². The van der Waals surface area contributed by atoms with Gasteiger partial charge in [0.2, 0.25) is 0 Å². The number of hydrogen-bond acceptors (Lipinski definition) is 2. The summed E-state index contributed by atoms with van der Waals surface area (Å²) >= 11 is 0. The van der Waals surface area contributed by atoms with E-state index < -0.39 is 0 Å². The van der Waals surface area contributed by atoms with Crippen molar-refractivity contribution in [2.45, 2.75) is 6.29 Å². The summed E-state index contributed by atoms with van der Waals surface area (Å²) < 4.78 is 0. The lowest BCUT2D eigenvalue weighted by Crippen LogP contribution is -2.31. The lowest BCUT2D eigenvalue weighted by atomic mass is 10.9. The van der Waals surface area contributed by atoms with Crippen LogP contribution in [-0.2, 0) is 0 Å². The fraction of sp³-hybridized carbons (Fsp3) is 0.333. The van der Waals surface area contributed by atoms with Gasteiger partial charge in [-0.15, -0.1) is 0 Å². The van der Waals surface area contributed by atoms with E-state index in [2.05, 4.69) is 10.6 Å². The average Bonchev–Trinajstić information content (AvgIpc) is 1.86. The molecule has 3 nitrogen and oxygen atoms in total. The van der Waals surface area contributed by atoms with Crippen LogP contribution in [0.1, 0.15) is 0 Å². The zero-order valence-corrected chi connectivity index (χ0v) is 3.23. The van der Waals surface area contributed by atoms with Gasteiger partial charge in [0.1, 0.15) is 0 Å². The number of nitrogens with one attached hydrogen (secondary N) is 3. The molecule has 0 amide bonds. The van der Waals surface area contributed by atoms with Gasteiger partial charge in [-0.25, -0.2) is 5.73 Å². The maximum atomic E-state index is 6.85. The minimum Gasteiger partial charge on any atom is -0.357 e. The first kappa shape index (κ1) is 3.49. The molecule has 0 bridgehead atoms. The minimum atomic E-state index is -0.315. The first-order chi connectivity index (χ1) is 2.89. The largest absolute Gasteiger partial charge is 0.357 e. The molecule has 0 fully saturated rings. The molecule has 0 aliphatic carbocycles. The Balaban J connectivity index is 2.32. The molecule has 0 spiro atoms. The van der Waals surface area contributed by atoms with E-state index in [0.29, 0.717) is 0 Å². The van der Waals surface area contributed by atoms with Crippen molar-refractivity contribution < 1.29 is 0 Å². The Hall–Kier alpha value is -0.700. The van der Waals surface area contributed by atoms with Crippen LogP contribution in [-0.4, -0.2) is 6.29 Å². The van der Waals surface area contributed by atoms with Crippen molar-refractivity contribution in [1.82, 2.24) is 16.4 Å². The second-order valence-electron chi connectivity index (χ2n) is 1.10. The Morgan fingerprint density at radius 1 is 1.33 bits per heavy atom. The van der Waals surface area contributed by atoms with E-state index in [1.165, 1.54) is 0 Å². The summed E-state index contributed by atoms with van der Waals surface area (Å²) in [4.78, 5) is 0. The molecule has 0 aromatic heterocycles. The van der Waals surface area contributed by atoms with E-state index in [0.717, 1.165) is 0 Å². The standard InChI is InChI=1S/C3H6N3/c4-3-5-1-2-6-3/h1-6H. The van der Waals surface area contributed by atoms with Crippen molar-refractivity contribution in [3.63, 3.8) is 0 Å². The Bertz CT molecular complexity index is 60.4. The zero-order valence-electron chi connectivity index (χ0n) is 3.23. The monoisotopic (exact) mass is 84.1 g/mol. The van der Waals surface area contributed by atoms with Gasteiger partial charge in [-0.05, 0) is 0 Å². The highest BCUT2D eigenvalue weighted by atomic mass is 15.2. The van der Waals surface area contributed by atoms with Gasteiger partial charge < -0.3 is 10.6 Å². The van der Waals surface area contributed by atoms with Gasteiger partial charge in [0.25, 0.3) is 0 Å². The molecule has 1 aliphatic rings. The van der Waals surface area contributed by atoms with Gasteiger partial charge in [-0.1, -0.05) is 0 Å². The number of rotatable bonds is 0. The fourth-order valence-electron chi connectivity index (χ4n) is 0.337. The highest BCUT2D eigenvalue weighted by Gasteiger charge is 1.96. The van der Waals surface area contributed by atoms with Gasteiger partial charge in [0.15, 0.2) is 6.29 Å². The minimum absolute atomic E-state index is 0.315. The van der Waals surface area contributed by atoms with Crippen LogP contribution in [0.3, 0.4) is 0 Å². The van der Waals surface area contributed by atoms with Crippen molar-refractivity contribution in [2.24, 2.45) is 0 Å². The van der Waals surface area contributed by atoms with Crippen molar-refractivity contribution in [2.75, 3.05) is 0 Å². The van der Waals surface area contributed by atoms with Crippen LogP contribution in [0.5, 0.6) is 0 Å². The van der Waals surface area contributed by atoms with Crippen molar-refractivity contribution >= 4 is 0 Å². The topological polar surface area (TPSA) is 47.9 Å². The van der Waals surface area contributed by atoms with E-state index in [-0.39, 0.29) is 6.29 Å². The quantitative estimate of drug-likeness (QED) is 0.404. The summed E-state index contributed by atoms with van der Waals surface area (Å²) in [5, 5.41) is 5.39. The lowest BCUT2D eigenvalue weighted by molar-refractivity contribution is 0.577. The molecule has 0 atom stereocenters. The summed E-state index contributed by atoms with van der Waals surface area (Å²) in [7, 11) is 0. The van der Waals surface area contributed by atoms with Crippen molar-refractivity contribution in [1.29, 1.82) is 0 Å². The normalized spacial score (nSPS) is 20.2. The molecular weight excluding hydrogens is 78.1 g/mol. The molecule has 1 heterocycles.